The highest BCUT2D eigenvalue weighted by Crippen LogP contribution is 2.49. The number of rotatable bonds is 3. The minimum atomic E-state index is -0.533. The number of isocyanates is 1. The lowest BCUT2D eigenvalue weighted by molar-refractivity contribution is 0.0636. The molecule has 0 heterocycles. The van der Waals surface area contributed by atoms with E-state index in [1.807, 2.05) is 45.9 Å². The van der Waals surface area contributed by atoms with Crippen LogP contribution in [0.5, 0.6) is 0 Å². The molecular formula is C16H20N2O3. The van der Waals surface area contributed by atoms with E-state index >= 15 is 0 Å². The first-order valence-electron chi connectivity index (χ1n) is 6.96. The van der Waals surface area contributed by atoms with Crippen molar-refractivity contribution in [1.29, 1.82) is 0 Å². The molecule has 1 aromatic carbocycles. The third-order valence-electron chi connectivity index (χ3n) is 3.38. The van der Waals surface area contributed by atoms with Gasteiger partial charge in [-0.2, -0.15) is 4.99 Å². The Hall–Kier alpha value is -2.13. The molecule has 1 aliphatic carbocycles. The van der Waals surface area contributed by atoms with Crippen molar-refractivity contribution in [2.45, 2.75) is 51.7 Å². The molecule has 0 aromatic heterocycles. The SMILES string of the molecule is Cc1cc(C2(N=C=O)CC2)ccc1NC(=O)OC(C)(C)C. The molecule has 0 aliphatic heterocycles. The smallest absolute Gasteiger partial charge is 0.412 e. The van der Waals surface area contributed by atoms with E-state index in [0.29, 0.717) is 5.69 Å². The van der Waals surface area contributed by atoms with Crippen molar-refractivity contribution < 1.29 is 14.3 Å². The van der Waals surface area contributed by atoms with Crippen LogP contribution in [0.2, 0.25) is 0 Å². The highest BCUT2D eigenvalue weighted by Gasteiger charge is 2.44. The number of nitrogens with zero attached hydrogens (tertiary/aromatic N) is 1. The maximum Gasteiger partial charge on any atom is 0.412 e. The Bertz CT molecular complexity index is 606. The molecule has 1 amide bonds. The third kappa shape index (κ3) is 3.70. The Balaban J connectivity index is 2.13. The molecule has 0 spiro atoms. The summed E-state index contributed by atoms with van der Waals surface area (Å²) >= 11 is 0. The van der Waals surface area contributed by atoms with Crippen LogP contribution in [0.25, 0.3) is 0 Å². The molecular weight excluding hydrogens is 268 g/mol. The van der Waals surface area contributed by atoms with Crippen molar-refractivity contribution in [3.05, 3.63) is 29.3 Å². The fraction of sp³-hybridized carbons (Fsp3) is 0.500. The van der Waals surface area contributed by atoms with Crippen LogP contribution in [0.3, 0.4) is 0 Å². The predicted octanol–water partition coefficient (Wildman–Crippen LogP) is 3.67. The summed E-state index contributed by atoms with van der Waals surface area (Å²) in [4.78, 5) is 26.2. The van der Waals surface area contributed by atoms with Gasteiger partial charge in [-0.05, 0) is 57.7 Å². The summed E-state index contributed by atoms with van der Waals surface area (Å²) in [5.74, 6) is 0. The van der Waals surface area contributed by atoms with Crippen molar-refractivity contribution in [1.82, 2.24) is 0 Å². The number of anilines is 1. The van der Waals surface area contributed by atoms with Gasteiger partial charge in [-0.25, -0.2) is 9.59 Å². The lowest BCUT2D eigenvalue weighted by Gasteiger charge is -2.20. The van der Waals surface area contributed by atoms with Crippen molar-refractivity contribution in [3.8, 4) is 0 Å². The fourth-order valence-electron chi connectivity index (χ4n) is 2.18. The average Bonchev–Trinajstić information content (AvgIpc) is 3.11. The Morgan fingerprint density at radius 2 is 2.05 bits per heavy atom. The molecule has 5 heteroatoms. The van der Waals surface area contributed by atoms with Gasteiger partial charge in [-0.3, -0.25) is 5.32 Å². The molecule has 21 heavy (non-hydrogen) atoms. The zero-order valence-corrected chi connectivity index (χ0v) is 12.8. The second-order valence-electron chi connectivity index (χ2n) is 6.39. The quantitative estimate of drug-likeness (QED) is 0.681. The van der Waals surface area contributed by atoms with Gasteiger partial charge in [0.2, 0.25) is 6.08 Å². The molecule has 0 radical (unpaired) electrons. The summed E-state index contributed by atoms with van der Waals surface area (Å²) < 4.78 is 5.23. The van der Waals surface area contributed by atoms with Crippen molar-refractivity contribution >= 4 is 17.9 Å². The van der Waals surface area contributed by atoms with Gasteiger partial charge < -0.3 is 4.74 Å². The summed E-state index contributed by atoms with van der Waals surface area (Å²) in [6.45, 7) is 7.35. The molecule has 1 aliphatic rings. The first kappa shape index (κ1) is 15.3. The van der Waals surface area contributed by atoms with Crippen LogP contribution in [0.15, 0.2) is 23.2 Å². The van der Waals surface area contributed by atoms with Crippen molar-refractivity contribution in [3.63, 3.8) is 0 Å². The van der Waals surface area contributed by atoms with Gasteiger partial charge in [0, 0.05) is 5.69 Å². The summed E-state index contributed by atoms with van der Waals surface area (Å²) in [5, 5.41) is 2.73. The minimum Gasteiger partial charge on any atom is -0.444 e. The molecule has 0 bridgehead atoms. The number of benzene rings is 1. The average molecular weight is 288 g/mol. The predicted molar refractivity (Wildman–Crippen MR) is 80.1 cm³/mol. The maximum atomic E-state index is 11.8. The monoisotopic (exact) mass is 288 g/mol. The maximum absolute atomic E-state index is 11.8. The number of nitrogens with one attached hydrogen (secondary N) is 1. The Morgan fingerprint density at radius 3 is 2.52 bits per heavy atom. The van der Waals surface area contributed by atoms with Gasteiger partial charge in [-0.1, -0.05) is 12.1 Å². The molecule has 1 saturated carbocycles. The number of aryl methyl sites for hydroxylation is 1. The van der Waals surface area contributed by atoms with Crippen molar-refractivity contribution in [2.24, 2.45) is 4.99 Å². The molecule has 5 nitrogen and oxygen atoms in total. The molecule has 0 unspecified atom stereocenters. The van der Waals surface area contributed by atoms with Crippen LogP contribution in [-0.4, -0.2) is 17.8 Å². The lowest BCUT2D eigenvalue weighted by atomic mass is 10.0. The topological polar surface area (TPSA) is 67.8 Å². The second-order valence-corrected chi connectivity index (χ2v) is 6.39. The molecule has 0 atom stereocenters. The summed E-state index contributed by atoms with van der Waals surface area (Å²) in [7, 11) is 0. The molecule has 112 valence electrons. The third-order valence-corrected chi connectivity index (χ3v) is 3.38. The van der Waals surface area contributed by atoms with Crippen LogP contribution in [0, 0.1) is 6.92 Å². The van der Waals surface area contributed by atoms with Crippen LogP contribution in [-0.2, 0) is 15.1 Å². The van der Waals surface area contributed by atoms with E-state index in [-0.39, 0.29) is 0 Å². The van der Waals surface area contributed by atoms with Gasteiger partial charge >= 0.3 is 6.09 Å². The largest absolute Gasteiger partial charge is 0.444 e. The molecule has 1 fully saturated rings. The highest BCUT2D eigenvalue weighted by molar-refractivity contribution is 5.86. The number of ether oxygens (including phenoxy) is 1. The van der Waals surface area contributed by atoms with Crippen molar-refractivity contribution in [2.75, 3.05) is 5.32 Å². The first-order valence-corrected chi connectivity index (χ1v) is 6.96. The van der Waals surface area contributed by atoms with E-state index in [9.17, 15) is 9.59 Å². The summed E-state index contributed by atoms with van der Waals surface area (Å²) in [5.41, 5.74) is 1.66. The lowest BCUT2D eigenvalue weighted by Crippen LogP contribution is -2.27. The zero-order chi connectivity index (χ0) is 15.7. The molecule has 0 saturated heterocycles. The summed E-state index contributed by atoms with van der Waals surface area (Å²) in [6, 6.07) is 5.64. The van der Waals surface area contributed by atoms with Gasteiger partial charge in [-0.15, -0.1) is 0 Å². The van der Waals surface area contributed by atoms with E-state index in [0.717, 1.165) is 24.0 Å². The highest BCUT2D eigenvalue weighted by atomic mass is 16.6. The standard InChI is InChI=1S/C16H20N2O3/c1-11-9-12(16(7-8-16)17-10-19)5-6-13(11)18-14(20)21-15(2,3)4/h5-6,9H,7-8H2,1-4H3,(H,18,20). The van der Waals surface area contributed by atoms with Crippen LogP contribution in [0.1, 0.15) is 44.7 Å². The second kappa shape index (κ2) is 5.34. The Labute approximate surface area is 124 Å². The molecule has 1 N–H and O–H groups in total. The van der Waals surface area contributed by atoms with Gasteiger partial charge in [0.25, 0.3) is 0 Å². The normalized spacial score (nSPS) is 15.8. The van der Waals surface area contributed by atoms with Crippen LogP contribution in [0.4, 0.5) is 10.5 Å². The summed E-state index contributed by atoms with van der Waals surface area (Å²) in [6.07, 6.45) is 2.89. The van der Waals surface area contributed by atoms with Gasteiger partial charge in [0.05, 0.1) is 5.54 Å². The Morgan fingerprint density at radius 1 is 1.38 bits per heavy atom. The van der Waals surface area contributed by atoms with Crippen LogP contribution < -0.4 is 5.32 Å². The number of amides is 1. The minimum absolute atomic E-state index is 0.392. The first-order chi connectivity index (χ1) is 9.76. The number of carbonyl (C=O) groups is 1. The van der Waals surface area contributed by atoms with Gasteiger partial charge in [0.1, 0.15) is 5.60 Å². The van der Waals surface area contributed by atoms with E-state index in [1.165, 1.54) is 0 Å². The number of carbonyl (C=O) groups excluding carboxylic acids is 2. The fourth-order valence-corrected chi connectivity index (χ4v) is 2.18. The van der Waals surface area contributed by atoms with Crippen LogP contribution >= 0.6 is 0 Å². The number of hydrogen-bond donors (Lipinski definition) is 1. The molecule has 1 aromatic rings. The van der Waals surface area contributed by atoms with Gasteiger partial charge in [0.15, 0.2) is 0 Å². The zero-order valence-electron chi connectivity index (χ0n) is 12.8. The van der Waals surface area contributed by atoms with E-state index < -0.39 is 17.2 Å². The van der Waals surface area contributed by atoms with E-state index in [2.05, 4.69) is 10.3 Å². The molecule has 2 rings (SSSR count). The van der Waals surface area contributed by atoms with E-state index in [1.54, 1.807) is 6.08 Å². The number of hydrogen-bond acceptors (Lipinski definition) is 4. The van der Waals surface area contributed by atoms with E-state index in [4.69, 9.17) is 4.74 Å². The number of aliphatic imine (C=N–C) groups is 1. The Kier molecular flexibility index (Phi) is 3.88.